The third kappa shape index (κ3) is 5.27. The van der Waals surface area contributed by atoms with Gasteiger partial charge in [-0.15, -0.1) is 0 Å². The molecule has 0 saturated heterocycles. The second-order valence-corrected chi connectivity index (χ2v) is 4.66. The lowest BCUT2D eigenvalue weighted by Crippen LogP contribution is -2.34. The molecule has 0 aromatic heterocycles. The van der Waals surface area contributed by atoms with E-state index >= 15 is 0 Å². The summed E-state index contributed by atoms with van der Waals surface area (Å²) in [5, 5.41) is 11.5. The number of aromatic carboxylic acids is 1. The van der Waals surface area contributed by atoms with Gasteiger partial charge >= 0.3 is 12.0 Å². The first-order valence-corrected chi connectivity index (χ1v) is 6.37. The molecule has 0 atom stereocenters. The van der Waals surface area contributed by atoms with Crippen molar-refractivity contribution in [2.24, 2.45) is 0 Å². The number of likely N-dealkylation sites (N-methyl/N-ethyl adjacent to an activating group) is 1. The van der Waals surface area contributed by atoms with Crippen molar-refractivity contribution in [2.45, 2.75) is 20.0 Å². The van der Waals surface area contributed by atoms with Crippen LogP contribution in [0.3, 0.4) is 0 Å². The van der Waals surface area contributed by atoms with Gasteiger partial charge in [-0.1, -0.05) is 6.07 Å². The minimum atomic E-state index is -1.03. The van der Waals surface area contributed by atoms with E-state index in [1.54, 1.807) is 19.2 Å². The van der Waals surface area contributed by atoms with Gasteiger partial charge in [-0.05, 0) is 32.0 Å². The molecule has 6 nitrogen and oxygen atoms in total. The molecule has 20 heavy (non-hydrogen) atoms. The van der Waals surface area contributed by atoms with E-state index in [4.69, 9.17) is 9.84 Å². The van der Waals surface area contributed by atoms with Crippen LogP contribution in [0.25, 0.3) is 0 Å². The normalized spacial score (nSPS) is 10.4. The summed E-state index contributed by atoms with van der Waals surface area (Å²) in [6.45, 7) is 4.77. The number of hydrogen-bond acceptors (Lipinski definition) is 3. The van der Waals surface area contributed by atoms with Crippen molar-refractivity contribution in [1.82, 2.24) is 4.90 Å². The maximum atomic E-state index is 11.9. The van der Waals surface area contributed by atoms with Crippen molar-refractivity contribution in [3.63, 3.8) is 0 Å². The number of rotatable bonds is 6. The van der Waals surface area contributed by atoms with Gasteiger partial charge < -0.3 is 20.1 Å². The van der Waals surface area contributed by atoms with Gasteiger partial charge in [0.15, 0.2) is 0 Å². The minimum Gasteiger partial charge on any atom is -0.478 e. The molecule has 1 rings (SSSR count). The first-order chi connectivity index (χ1) is 9.40. The lowest BCUT2D eigenvalue weighted by atomic mass is 10.2. The highest BCUT2D eigenvalue weighted by atomic mass is 16.5. The van der Waals surface area contributed by atoms with Crippen LogP contribution < -0.4 is 5.32 Å². The van der Waals surface area contributed by atoms with Crippen LogP contribution >= 0.6 is 0 Å². The van der Waals surface area contributed by atoms with E-state index < -0.39 is 5.97 Å². The van der Waals surface area contributed by atoms with E-state index in [1.165, 1.54) is 17.0 Å². The lowest BCUT2D eigenvalue weighted by Gasteiger charge is -2.18. The Morgan fingerprint density at radius 2 is 2.10 bits per heavy atom. The smallest absolute Gasteiger partial charge is 0.335 e. The van der Waals surface area contributed by atoms with Crippen molar-refractivity contribution in [1.29, 1.82) is 0 Å². The van der Waals surface area contributed by atoms with E-state index in [2.05, 4.69) is 5.32 Å². The fraction of sp³-hybridized carbons (Fsp3) is 0.429. The summed E-state index contributed by atoms with van der Waals surface area (Å²) in [5.74, 6) is -1.03. The van der Waals surface area contributed by atoms with Crippen molar-refractivity contribution < 1.29 is 19.4 Å². The summed E-state index contributed by atoms with van der Waals surface area (Å²) in [7, 11) is 1.65. The molecule has 0 unspecified atom stereocenters. The second kappa shape index (κ2) is 7.49. The molecule has 0 saturated carbocycles. The Balaban J connectivity index is 2.52. The van der Waals surface area contributed by atoms with Crippen molar-refractivity contribution in [3.8, 4) is 0 Å². The highest BCUT2D eigenvalue weighted by Gasteiger charge is 2.10. The van der Waals surface area contributed by atoms with E-state index in [0.29, 0.717) is 18.8 Å². The molecule has 6 heteroatoms. The molecule has 1 aromatic carbocycles. The zero-order chi connectivity index (χ0) is 15.1. The maximum Gasteiger partial charge on any atom is 0.335 e. The summed E-state index contributed by atoms with van der Waals surface area (Å²) in [5.41, 5.74) is 0.583. The van der Waals surface area contributed by atoms with Crippen LogP contribution in [0.4, 0.5) is 10.5 Å². The summed E-state index contributed by atoms with van der Waals surface area (Å²) < 4.78 is 5.36. The van der Waals surface area contributed by atoms with Gasteiger partial charge in [0.2, 0.25) is 0 Å². The number of amides is 2. The molecular weight excluding hydrogens is 260 g/mol. The van der Waals surface area contributed by atoms with Crippen LogP contribution in [-0.2, 0) is 4.74 Å². The predicted molar refractivity (Wildman–Crippen MR) is 76.1 cm³/mol. The fourth-order valence-corrected chi connectivity index (χ4v) is 1.48. The third-order valence-corrected chi connectivity index (χ3v) is 2.59. The number of carbonyl (C=O) groups is 2. The van der Waals surface area contributed by atoms with Crippen LogP contribution in [0.1, 0.15) is 24.2 Å². The quantitative estimate of drug-likeness (QED) is 0.837. The molecule has 0 bridgehead atoms. The predicted octanol–water partition coefficient (Wildman–Crippen LogP) is 2.27. The average Bonchev–Trinajstić information content (AvgIpc) is 2.38. The number of ether oxygens (including phenoxy) is 1. The zero-order valence-corrected chi connectivity index (χ0v) is 11.9. The van der Waals surface area contributed by atoms with E-state index in [1.807, 2.05) is 13.8 Å². The standard InChI is InChI=1S/C14H20N2O4/c1-10(2)20-8-7-16(3)14(19)15-12-6-4-5-11(9-12)13(17)18/h4-6,9-10H,7-8H2,1-3H3,(H,15,19)(H,17,18). The first kappa shape index (κ1) is 16.0. The van der Waals surface area contributed by atoms with Crippen LogP contribution in [0.15, 0.2) is 24.3 Å². The molecule has 0 aliphatic heterocycles. The van der Waals surface area contributed by atoms with E-state index in [9.17, 15) is 9.59 Å². The van der Waals surface area contributed by atoms with E-state index in [-0.39, 0.29) is 17.7 Å². The number of hydrogen-bond donors (Lipinski definition) is 2. The van der Waals surface area contributed by atoms with Crippen LogP contribution in [-0.4, -0.2) is 48.3 Å². The molecule has 2 N–H and O–H groups in total. The highest BCUT2D eigenvalue weighted by molar-refractivity contribution is 5.93. The number of carboxylic acids is 1. The number of nitrogens with one attached hydrogen (secondary N) is 1. The van der Waals surface area contributed by atoms with Gasteiger partial charge in [-0.2, -0.15) is 0 Å². The number of benzene rings is 1. The Bertz CT molecular complexity index is 474. The number of urea groups is 1. The van der Waals surface area contributed by atoms with Crippen LogP contribution in [0.2, 0.25) is 0 Å². The molecule has 0 heterocycles. The summed E-state index contributed by atoms with van der Waals surface area (Å²) in [4.78, 5) is 24.2. The number of anilines is 1. The highest BCUT2D eigenvalue weighted by Crippen LogP contribution is 2.11. The van der Waals surface area contributed by atoms with Gasteiger partial charge in [-0.25, -0.2) is 9.59 Å². The summed E-state index contributed by atoms with van der Waals surface area (Å²) >= 11 is 0. The number of carbonyl (C=O) groups excluding carboxylic acids is 1. The van der Waals surface area contributed by atoms with Crippen molar-refractivity contribution in [3.05, 3.63) is 29.8 Å². The SMILES string of the molecule is CC(C)OCCN(C)C(=O)Nc1cccc(C(=O)O)c1. The monoisotopic (exact) mass is 280 g/mol. The number of carboxylic acid groups (broad SMARTS) is 1. The Morgan fingerprint density at radius 1 is 1.40 bits per heavy atom. The number of nitrogens with zero attached hydrogens (tertiary/aromatic N) is 1. The van der Waals surface area contributed by atoms with Gasteiger partial charge in [0.25, 0.3) is 0 Å². The molecular formula is C14H20N2O4. The molecule has 1 aromatic rings. The largest absolute Gasteiger partial charge is 0.478 e. The minimum absolute atomic E-state index is 0.124. The molecule has 0 aliphatic carbocycles. The Hall–Kier alpha value is -2.08. The Labute approximate surface area is 118 Å². The topological polar surface area (TPSA) is 78.9 Å². The van der Waals surface area contributed by atoms with E-state index in [0.717, 1.165) is 0 Å². The Kier molecular flexibility index (Phi) is 5.99. The maximum absolute atomic E-state index is 11.9. The molecule has 0 radical (unpaired) electrons. The molecule has 0 aliphatic rings. The molecule has 2 amide bonds. The van der Waals surface area contributed by atoms with Gasteiger partial charge in [0.05, 0.1) is 18.3 Å². The third-order valence-electron chi connectivity index (χ3n) is 2.59. The van der Waals surface area contributed by atoms with Crippen LogP contribution in [0.5, 0.6) is 0 Å². The van der Waals surface area contributed by atoms with Crippen molar-refractivity contribution >= 4 is 17.7 Å². The zero-order valence-electron chi connectivity index (χ0n) is 11.9. The first-order valence-electron chi connectivity index (χ1n) is 6.37. The van der Waals surface area contributed by atoms with Crippen molar-refractivity contribution in [2.75, 3.05) is 25.5 Å². The molecule has 110 valence electrons. The summed E-state index contributed by atoms with van der Waals surface area (Å²) in [6, 6.07) is 5.81. The average molecular weight is 280 g/mol. The van der Waals surface area contributed by atoms with Gasteiger partial charge in [-0.3, -0.25) is 0 Å². The second-order valence-electron chi connectivity index (χ2n) is 4.66. The van der Waals surface area contributed by atoms with Gasteiger partial charge in [0.1, 0.15) is 0 Å². The van der Waals surface area contributed by atoms with Crippen LogP contribution in [0, 0.1) is 0 Å². The molecule has 0 spiro atoms. The van der Waals surface area contributed by atoms with Gasteiger partial charge in [0, 0.05) is 19.3 Å². The summed E-state index contributed by atoms with van der Waals surface area (Å²) in [6.07, 6.45) is 0.124. The lowest BCUT2D eigenvalue weighted by molar-refractivity contribution is 0.0690. The fourth-order valence-electron chi connectivity index (χ4n) is 1.48. The Morgan fingerprint density at radius 3 is 2.70 bits per heavy atom. The molecule has 0 fully saturated rings.